The van der Waals surface area contributed by atoms with Gasteiger partial charge in [-0.2, -0.15) is 0 Å². The normalized spacial score (nSPS) is 28.4. The molecule has 3 heteroatoms. The second kappa shape index (κ2) is 4.32. The summed E-state index contributed by atoms with van der Waals surface area (Å²) >= 11 is 0. The maximum absolute atomic E-state index is 12.7. The molecule has 1 saturated heterocycles. The maximum Gasteiger partial charge on any atom is 0.197 e. The van der Waals surface area contributed by atoms with E-state index < -0.39 is 5.60 Å². The topological polar surface area (TPSA) is 38.8 Å². The summed E-state index contributed by atoms with van der Waals surface area (Å²) < 4.78 is 11.1. The third kappa shape index (κ3) is 2.14. The Hall–Kier alpha value is -1.35. The largest absolute Gasteiger partial charge is 0.497 e. The number of rotatable bonds is 2. The lowest BCUT2D eigenvalue weighted by Crippen LogP contribution is -2.34. The molecule has 1 aromatic carbocycles. The molecule has 1 aliphatic heterocycles. The average Bonchev–Trinajstić information content (AvgIpc) is 3.05. The summed E-state index contributed by atoms with van der Waals surface area (Å²) in [5.41, 5.74) is 1.56. The molecule has 2 atom stereocenters. The fraction of sp³-hybridized carbons (Fsp3) is 0.588. The van der Waals surface area contributed by atoms with Crippen molar-refractivity contribution >= 4 is 5.78 Å². The van der Waals surface area contributed by atoms with Gasteiger partial charge < -0.3 is 9.47 Å². The summed E-state index contributed by atoms with van der Waals surface area (Å²) in [6, 6.07) is 5.71. The van der Waals surface area contributed by atoms with E-state index in [4.69, 9.17) is 9.47 Å². The summed E-state index contributed by atoms with van der Waals surface area (Å²) in [5, 5.41) is 0. The van der Waals surface area contributed by atoms with Crippen LogP contribution in [-0.4, -0.2) is 24.6 Å². The quantitative estimate of drug-likeness (QED) is 0.776. The van der Waals surface area contributed by atoms with Crippen molar-refractivity contribution in [2.24, 2.45) is 5.41 Å². The van der Waals surface area contributed by atoms with Gasteiger partial charge in [0.15, 0.2) is 11.4 Å². The number of methoxy groups -OCH3 is 1. The lowest BCUT2D eigenvalue weighted by atomic mass is 9.77. The molecule has 0 amide bonds. The van der Waals surface area contributed by atoms with Crippen LogP contribution in [0.3, 0.4) is 0 Å². The molecule has 108 valence electrons. The zero-order valence-corrected chi connectivity index (χ0v) is 12.7. The van der Waals surface area contributed by atoms with Crippen molar-refractivity contribution in [1.82, 2.24) is 0 Å². The lowest BCUT2D eigenvalue weighted by Gasteiger charge is -2.23. The minimum Gasteiger partial charge on any atom is -0.497 e. The van der Waals surface area contributed by atoms with E-state index in [-0.39, 0.29) is 17.3 Å². The van der Waals surface area contributed by atoms with Gasteiger partial charge in [-0.15, -0.1) is 0 Å². The van der Waals surface area contributed by atoms with E-state index in [1.54, 1.807) is 7.11 Å². The summed E-state index contributed by atoms with van der Waals surface area (Å²) in [6.45, 7) is 6.57. The first-order valence-electron chi connectivity index (χ1n) is 7.25. The molecule has 1 fully saturated rings. The van der Waals surface area contributed by atoms with Crippen molar-refractivity contribution in [3.8, 4) is 5.75 Å². The summed E-state index contributed by atoms with van der Waals surface area (Å²) in [5.74, 6) is 0.978. The van der Waals surface area contributed by atoms with Crippen LogP contribution in [-0.2, 0) is 11.2 Å². The smallest absolute Gasteiger partial charge is 0.197 e. The minimum absolute atomic E-state index is 0.0882. The Morgan fingerprint density at radius 3 is 2.80 bits per heavy atom. The van der Waals surface area contributed by atoms with Crippen LogP contribution in [0.15, 0.2) is 18.2 Å². The number of epoxide rings is 1. The SMILES string of the molecule is COc1ccc2c(c1)CC[C@@]1(O[C@@H]1CC(C)(C)C)C2=O. The van der Waals surface area contributed by atoms with Crippen molar-refractivity contribution in [2.75, 3.05) is 7.11 Å². The number of aryl methyl sites for hydroxylation is 1. The van der Waals surface area contributed by atoms with Gasteiger partial charge in [-0.3, -0.25) is 4.79 Å². The Morgan fingerprint density at radius 1 is 1.40 bits per heavy atom. The monoisotopic (exact) mass is 274 g/mol. The van der Waals surface area contributed by atoms with E-state index in [1.165, 1.54) is 0 Å². The molecular weight excluding hydrogens is 252 g/mol. The fourth-order valence-corrected chi connectivity index (χ4v) is 3.19. The van der Waals surface area contributed by atoms with Crippen molar-refractivity contribution < 1.29 is 14.3 Å². The van der Waals surface area contributed by atoms with Gasteiger partial charge in [0.2, 0.25) is 0 Å². The Bertz CT molecular complexity index is 556. The molecule has 3 nitrogen and oxygen atoms in total. The molecule has 0 bridgehead atoms. The van der Waals surface area contributed by atoms with E-state index >= 15 is 0 Å². The highest BCUT2D eigenvalue weighted by Crippen LogP contribution is 2.51. The van der Waals surface area contributed by atoms with Crippen LogP contribution >= 0.6 is 0 Å². The van der Waals surface area contributed by atoms with E-state index in [0.717, 1.165) is 36.1 Å². The number of Topliss-reactive ketones (excluding diaryl/α,β-unsaturated/α-hetero) is 1. The molecule has 0 saturated carbocycles. The van der Waals surface area contributed by atoms with Crippen LogP contribution < -0.4 is 4.74 Å². The number of benzene rings is 1. The van der Waals surface area contributed by atoms with Crippen LogP contribution in [0.5, 0.6) is 5.75 Å². The molecule has 0 unspecified atom stereocenters. The number of hydrogen-bond acceptors (Lipinski definition) is 3. The summed E-state index contributed by atoms with van der Waals surface area (Å²) in [7, 11) is 1.65. The number of ketones is 1. The van der Waals surface area contributed by atoms with Gasteiger partial charge in [0, 0.05) is 5.56 Å². The molecule has 1 aromatic rings. The predicted molar refractivity (Wildman–Crippen MR) is 77.3 cm³/mol. The molecule has 1 aliphatic carbocycles. The van der Waals surface area contributed by atoms with Crippen LogP contribution in [0.4, 0.5) is 0 Å². The number of carbonyl (C=O) groups excluding carboxylic acids is 1. The van der Waals surface area contributed by atoms with Gasteiger partial charge in [0.25, 0.3) is 0 Å². The zero-order valence-electron chi connectivity index (χ0n) is 12.7. The van der Waals surface area contributed by atoms with E-state index in [0.29, 0.717) is 0 Å². The van der Waals surface area contributed by atoms with Crippen molar-refractivity contribution in [3.05, 3.63) is 29.3 Å². The first kappa shape index (κ1) is 13.6. The zero-order chi connectivity index (χ0) is 14.5. The number of hydrogen-bond donors (Lipinski definition) is 0. The van der Waals surface area contributed by atoms with Crippen molar-refractivity contribution in [2.45, 2.75) is 51.7 Å². The maximum atomic E-state index is 12.7. The van der Waals surface area contributed by atoms with Crippen LogP contribution in [0.25, 0.3) is 0 Å². The standard InChI is InChI=1S/C17H22O3/c1-16(2,3)10-14-17(20-14)8-7-11-9-12(19-4)5-6-13(11)15(17)18/h5-6,9,14H,7-8,10H2,1-4H3/t14-,17+/m1/s1. The van der Waals surface area contributed by atoms with E-state index in [2.05, 4.69) is 20.8 Å². The van der Waals surface area contributed by atoms with Gasteiger partial charge >= 0.3 is 0 Å². The van der Waals surface area contributed by atoms with Gasteiger partial charge in [0.1, 0.15) is 5.75 Å². The number of carbonyl (C=O) groups is 1. The highest BCUT2D eigenvalue weighted by atomic mass is 16.6. The molecule has 3 rings (SSSR count). The van der Waals surface area contributed by atoms with Gasteiger partial charge in [-0.05, 0) is 48.4 Å². The Labute approximate surface area is 120 Å². The Kier molecular flexibility index (Phi) is 2.94. The first-order valence-corrected chi connectivity index (χ1v) is 7.25. The van der Waals surface area contributed by atoms with Crippen molar-refractivity contribution in [1.29, 1.82) is 0 Å². The van der Waals surface area contributed by atoms with Gasteiger partial charge in [-0.1, -0.05) is 20.8 Å². The molecule has 0 aromatic heterocycles. The molecule has 0 radical (unpaired) electrons. The second-order valence-electron chi connectivity index (χ2n) is 7.11. The molecule has 1 heterocycles. The fourth-order valence-electron chi connectivity index (χ4n) is 3.19. The molecule has 1 spiro atoms. The summed E-state index contributed by atoms with van der Waals surface area (Å²) in [4.78, 5) is 12.7. The van der Waals surface area contributed by atoms with Gasteiger partial charge in [-0.25, -0.2) is 0 Å². The average molecular weight is 274 g/mol. The second-order valence-corrected chi connectivity index (χ2v) is 7.11. The highest BCUT2D eigenvalue weighted by molar-refractivity contribution is 6.07. The van der Waals surface area contributed by atoms with Crippen LogP contribution in [0.2, 0.25) is 0 Å². The van der Waals surface area contributed by atoms with Crippen molar-refractivity contribution in [3.63, 3.8) is 0 Å². The minimum atomic E-state index is -0.533. The number of fused-ring (bicyclic) bond motifs is 1. The number of ether oxygens (including phenoxy) is 2. The predicted octanol–water partition coefficient (Wildman–Crippen LogP) is 3.40. The van der Waals surface area contributed by atoms with E-state index in [1.807, 2.05) is 18.2 Å². The highest BCUT2D eigenvalue weighted by Gasteiger charge is 2.63. The molecule has 20 heavy (non-hydrogen) atoms. The van der Waals surface area contributed by atoms with E-state index in [9.17, 15) is 4.79 Å². The Balaban J connectivity index is 1.84. The third-order valence-electron chi connectivity index (χ3n) is 4.32. The first-order chi connectivity index (χ1) is 9.36. The summed E-state index contributed by atoms with van der Waals surface area (Å²) in [6.07, 6.45) is 2.71. The van der Waals surface area contributed by atoms with Crippen LogP contribution in [0, 0.1) is 5.41 Å². The lowest BCUT2D eigenvalue weighted by molar-refractivity contribution is 0.0850. The van der Waals surface area contributed by atoms with Gasteiger partial charge in [0.05, 0.1) is 13.2 Å². The molecule has 0 N–H and O–H groups in total. The Morgan fingerprint density at radius 2 is 2.15 bits per heavy atom. The third-order valence-corrected chi connectivity index (χ3v) is 4.32. The molecule has 2 aliphatic rings. The van der Waals surface area contributed by atoms with Crippen LogP contribution in [0.1, 0.15) is 49.5 Å². The molecular formula is C17H22O3.